The number of carbonyl (C=O) groups is 5. The molecule has 284 valence electrons. The maximum atomic E-state index is 14.7. The van der Waals surface area contributed by atoms with Gasteiger partial charge in [0.25, 0.3) is 5.91 Å². The van der Waals surface area contributed by atoms with Gasteiger partial charge in [-0.1, -0.05) is 83.7 Å². The van der Waals surface area contributed by atoms with Gasteiger partial charge in [-0.25, -0.2) is 4.79 Å². The van der Waals surface area contributed by atoms with E-state index in [-0.39, 0.29) is 29.1 Å². The van der Waals surface area contributed by atoms with Crippen LogP contribution in [-0.2, 0) is 24.0 Å². The number of carboxylic acid groups (broad SMARTS) is 1. The van der Waals surface area contributed by atoms with E-state index in [1.165, 1.54) is 36.0 Å². The lowest BCUT2D eigenvalue weighted by atomic mass is 9.77. The number of rotatable bonds is 18. The molecule has 2 atom stereocenters. The zero-order valence-corrected chi connectivity index (χ0v) is 32.5. The van der Waals surface area contributed by atoms with Gasteiger partial charge < -0.3 is 25.6 Å². The quantitative estimate of drug-likeness (QED) is 0.0749. The van der Waals surface area contributed by atoms with Crippen LogP contribution in [0.4, 0.5) is 11.4 Å². The number of thioether (sulfide) groups is 2. The minimum atomic E-state index is -1.29. The third kappa shape index (κ3) is 10.1. The van der Waals surface area contributed by atoms with Crippen molar-refractivity contribution in [1.29, 1.82) is 0 Å². The van der Waals surface area contributed by atoms with Crippen LogP contribution in [0, 0.1) is 11.3 Å². The normalized spacial score (nSPS) is 14.9. The number of phenolic OH excluding ortho intramolecular Hbond substituents is 1. The van der Waals surface area contributed by atoms with Crippen LogP contribution in [0.15, 0.2) is 76.5 Å². The van der Waals surface area contributed by atoms with Crippen molar-refractivity contribution in [3.8, 4) is 11.5 Å². The van der Waals surface area contributed by atoms with Crippen LogP contribution in [-0.4, -0.2) is 57.9 Å². The van der Waals surface area contributed by atoms with Gasteiger partial charge in [0.05, 0.1) is 10.6 Å². The fourth-order valence-corrected chi connectivity index (χ4v) is 7.92. The van der Waals surface area contributed by atoms with Gasteiger partial charge >= 0.3 is 5.97 Å². The van der Waals surface area contributed by atoms with Gasteiger partial charge in [-0.3, -0.25) is 24.1 Å². The van der Waals surface area contributed by atoms with Crippen LogP contribution < -0.4 is 20.3 Å². The Balaban J connectivity index is 1.67. The number of anilines is 2. The van der Waals surface area contributed by atoms with Crippen molar-refractivity contribution < 1.29 is 38.9 Å². The SMILES string of the molecule is CCCCC1(CCCC)C(=O)Sc2cc(OCC(=O)N[C@@H](C(=O)N[C@@H](CC(C)C)C(=O)O)c3ccc(O)cc3)c(SC)cc2N(c2ccccc2)C1=O. The molecule has 13 heteroatoms. The zero-order valence-electron chi connectivity index (χ0n) is 30.8. The van der Waals surface area contributed by atoms with E-state index in [0.29, 0.717) is 45.3 Å². The molecule has 0 aromatic heterocycles. The lowest BCUT2D eigenvalue weighted by molar-refractivity contribution is -0.142. The molecule has 4 rings (SSSR count). The second-order valence-electron chi connectivity index (χ2n) is 13.5. The van der Waals surface area contributed by atoms with Gasteiger partial charge in [-0.2, -0.15) is 0 Å². The van der Waals surface area contributed by atoms with E-state index in [9.17, 15) is 34.2 Å². The molecular weight excluding hydrogens is 715 g/mol. The first-order valence-corrected chi connectivity index (χ1v) is 20.0. The van der Waals surface area contributed by atoms with Crippen LogP contribution in [0.25, 0.3) is 0 Å². The summed E-state index contributed by atoms with van der Waals surface area (Å²) in [4.78, 5) is 70.6. The average Bonchev–Trinajstić information content (AvgIpc) is 3.22. The summed E-state index contributed by atoms with van der Waals surface area (Å²) >= 11 is 2.38. The third-order valence-electron chi connectivity index (χ3n) is 9.09. The van der Waals surface area contributed by atoms with E-state index in [4.69, 9.17) is 4.74 Å². The van der Waals surface area contributed by atoms with E-state index in [0.717, 1.165) is 37.4 Å². The predicted molar refractivity (Wildman–Crippen MR) is 208 cm³/mol. The first-order valence-electron chi connectivity index (χ1n) is 17.9. The fraction of sp³-hybridized carbons (Fsp3) is 0.425. The number of aliphatic carboxylic acids is 1. The lowest BCUT2D eigenvalue weighted by Gasteiger charge is -2.34. The number of aromatic hydroxyl groups is 1. The number of hydrogen-bond acceptors (Lipinski definition) is 9. The summed E-state index contributed by atoms with van der Waals surface area (Å²) in [6.07, 6.45) is 6.00. The first kappa shape index (κ1) is 41.3. The van der Waals surface area contributed by atoms with E-state index in [2.05, 4.69) is 10.6 Å². The highest BCUT2D eigenvalue weighted by atomic mass is 32.2. The molecule has 53 heavy (non-hydrogen) atoms. The van der Waals surface area contributed by atoms with Crippen molar-refractivity contribution in [1.82, 2.24) is 10.6 Å². The summed E-state index contributed by atoms with van der Waals surface area (Å²) in [5.41, 5.74) is 0.301. The van der Waals surface area contributed by atoms with Crippen molar-refractivity contribution >= 4 is 63.7 Å². The molecule has 0 unspecified atom stereocenters. The van der Waals surface area contributed by atoms with Crippen LogP contribution >= 0.6 is 23.5 Å². The Morgan fingerprint density at radius 2 is 1.58 bits per heavy atom. The summed E-state index contributed by atoms with van der Waals surface area (Å²) in [6.45, 7) is 7.24. The molecule has 0 spiro atoms. The molecule has 1 aliphatic heterocycles. The second kappa shape index (κ2) is 19.0. The van der Waals surface area contributed by atoms with E-state index < -0.39 is 41.9 Å². The second-order valence-corrected chi connectivity index (χ2v) is 15.4. The average molecular weight is 764 g/mol. The maximum absolute atomic E-state index is 14.7. The summed E-state index contributed by atoms with van der Waals surface area (Å²) in [6, 6.07) is 16.0. The molecule has 0 saturated carbocycles. The Hall–Kier alpha value is -4.49. The number of hydrogen-bond donors (Lipinski definition) is 4. The molecule has 3 aromatic carbocycles. The number of para-hydroxylation sites is 1. The Kier molecular flexibility index (Phi) is 14.8. The van der Waals surface area contributed by atoms with Crippen molar-refractivity contribution in [3.05, 3.63) is 72.3 Å². The van der Waals surface area contributed by atoms with E-state index >= 15 is 0 Å². The number of nitrogens with one attached hydrogen (secondary N) is 2. The topological polar surface area (TPSA) is 162 Å². The van der Waals surface area contributed by atoms with Crippen molar-refractivity contribution in [3.63, 3.8) is 0 Å². The van der Waals surface area contributed by atoms with Crippen molar-refractivity contribution in [2.24, 2.45) is 11.3 Å². The minimum absolute atomic E-state index is 0.0199. The van der Waals surface area contributed by atoms with Crippen LogP contribution in [0.3, 0.4) is 0 Å². The van der Waals surface area contributed by atoms with Gasteiger partial charge in [0.1, 0.15) is 29.0 Å². The smallest absolute Gasteiger partial charge is 0.326 e. The minimum Gasteiger partial charge on any atom is -0.508 e. The number of amides is 3. The summed E-state index contributed by atoms with van der Waals surface area (Å²) < 4.78 is 6.06. The Bertz CT molecular complexity index is 1760. The van der Waals surface area contributed by atoms with Gasteiger partial charge in [-0.15, -0.1) is 11.8 Å². The monoisotopic (exact) mass is 763 g/mol. The predicted octanol–water partition coefficient (Wildman–Crippen LogP) is 7.63. The largest absolute Gasteiger partial charge is 0.508 e. The molecule has 4 N–H and O–H groups in total. The molecule has 0 bridgehead atoms. The molecule has 0 radical (unpaired) electrons. The number of carboxylic acids is 1. The molecule has 3 aromatic rings. The maximum Gasteiger partial charge on any atom is 0.326 e. The molecule has 1 heterocycles. The molecular formula is C40H49N3O8S2. The zero-order chi connectivity index (χ0) is 38.7. The molecule has 0 fully saturated rings. The number of carbonyl (C=O) groups excluding carboxylic acids is 4. The van der Waals surface area contributed by atoms with Crippen molar-refractivity contribution in [2.45, 2.75) is 94.5 Å². The Labute approximate surface area is 319 Å². The Morgan fingerprint density at radius 3 is 2.15 bits per heavy atom. The molecule has 3 amide bonds. The molecule has 0 aliphatic carbocycles. The number of phenols is 1. The lowest BCUT2D eigenvalue weighted by Crippen LogP contribution is -2.48. The third-order valence-corrected chi connectivity index (χ3v) is 11.0. The molecule has 11 nitrogen and oxygen atoms in total. The number of fused-ring (bicyclic) bond motifs is 1. The van der Waals surface area contributed by atoms with Crippen molar-refractivity contribution in [2.75, 3.05) is 17.8 Å². The number of unbranched alkanes of at least 4 members (excludes halogenated alkanes) is 2. The van der Waals surface area contributed by atoms with Crippen LogP contribution in [0.5, 0.6) is 11.5 Å². The van der Waals surface area contributed by atoms with Gasteiger partial charge in [0.15, 0.2) is 6.61 Å². The van der Waals surface area contributed by atoms with Crippen LogP contribution in [0.2, 0.25) is 0 Å². The fourth-order valence-electron chi connectivity index (χ4n) is 6.26. The highest BCUT2D eigenvalue weighted by molar-refractivity contribution is 8.14. The van der Waals surface area contributed by atoms with Gasteiger partial charge in [0.2, 0.25) is 16.9 Å². The standard InChI is InChI=1S/C40H49N3O8S2/c1-6-8-19-40(20-9-7-2)38(49)43(27-13-11-10-12-14-27)30-22-33(52-5)31(23-32(30)53-39(40)50)51-24-34(45)42-35(26-15-17-28(44)18-16-26)36(46)41-29(37(47)48)21-25(3)4/h10-18,22-23,25,29,35,44H,6-9,19-21,24H2,1-5H3,(H,41,46)(H,42,45)(H,47,48)/t29-,35+/m0/s1. The Morgan fingerprint density at radius 1 is 0.943 bits per heavy atom. The summed E-state index contributed by atoms with van der Waals surface area (Å²) in [5, 5.41) is 24.5. The molecule has 0 saturated heterocycles. The molecule has 1 aliphatic rings. The summed E-state index contributed by atoms with van der Waals surface area (Å²) in [5.74, 6) is -2.60. The van der Waals surface area contributed by atoms with Gasteiger partial charge in [0, 0.05) is 10.6 Å². The van der Waals surface area contributed by atoms with Crippen LogP contribution in [0.1, 0.15) is 84.2 Å². The number of ether oxygens (including phenoxy) is 1. The summed E-state index contributed by atoms with van der Waals surface area (Å²) in [7, 11) is 0. The highest BCUT2D eigenvalue weighted by Crippen LogP contribution is 2.51. The highest BCUT2D eigenvalue weighted by Gasteiger charge is 2.50. The van der Waals surface area contributed by atoms with Gasteiger partial charge in [-0.05, 0) is 85.2 Å². The number of nitrogens with zero attached hydrogens (tertiary/aromatic N) is 1. The van der Waals surface area contributed by atoms with E-state index in [1.807, 2.05) is 70.3 Å². The van der Waals surface area contributed by atoms with E-state index in [1.54, 1.807) is 11.0 Å². The number of benzene rings is 3. The first-order chi connectivity index (χ1) is 25.3.